The number of hydrogen-bond acceptors (Lipinski definition) is 10. The third-order valence-corrected chi connectivity index (χ3v) is 2.43. The number of halogens is 2. The summed E-state index contributed by atoms with van der Waals surface area (Å²) in [6, 6.07) is 0. The van der Waals surface area contributed by atoms with Gasteiger partial charge in [-0.1, -0.05) is 0 Å². The lowest BCUT2D eigenvalue weighted by molar-refractivity contribution is 0.00229. The summed E-state index contributed by atoms with van der Waals surface area (Å²) in [5.74, 6) is 0. The molecule has 0 bridgehead atoms. The fourth-order valence-corrected chi connectivity index (χ4v) is 1.34. The summed E-state index contributed by atoms with van der Waals surface area (Å²) in [4.78, 5) is 0. The van der Waals surface area contributed by atoms with Crippen molar-refractivity contribution in [1.29, 1.82) is 0 Å². The molecule has 0 rings (SSSR count). The quantitative estimate of drug-likeness (QED) is 0.165. The number of aliphatic hydroxyl groups excluding tert-OH is 4. The van der Waals surface area contributed by atoms with Crippen LogP contribution in [-0.4, -0.2) is 126 Å². The van der Waals surface area contributed by atoms with Crippen LogP contribution in [0.4, 0.5) is 0 Å². The van der Waals surface area contributed by atoms with Crippen LogP contribution in [0.3, 0.4) is 0 Å². The topological polar surface area (TPSA) is 136 Å². The van der Waals surface area contributed by atoms with Gasteiger partial charge < -0.3 is 48.8 Å². The molecule has 0 aliphatic heterocycles. The monoisotopic (exact) mass is 460 g/mol. The molecular formula is C16H38Cl2O10. The Kier molecular flexibility index (Phi) is 48.2. The maximum absolute atomic E-state index is 8.36. The molecule has 0 amide bonds. The predicted octanol–water partition coefficient (Wildman–Crippen LogP) is -1.11. The third-order valence-electron chi connectivity index (χ3n) is 2.43. The molecule has 0 aliphatic carbocycles. The number of aliphatic hydroxyl groups is 4. The maximum Gasteiger partial charge on any atom is 0.0701 e. The van der Waals surface area contributed by atoms with Gasteiger partial charge in [-0.2, -0.15) is 0 Å². The predicted molar refractivity (Wildman–Crippen MR) is 108 cm³/mol. The Labute approximate surface area is 179 Å². The second-order valence-corrected chi connectivity index (χ2v) is 4.57. The van der Waals surface area contributed by atoms with E-state index in [-0.39, 0.29) is 51.2 Å². The van der Waals surface area contributed by atoms with E-state index in [4.69, 9.17) is 48.8 Å². The highest BCUT2D eigenvalue weighted by atomic mass is 35.5. The standard InChI is InChI=1S/2C8H18O5.2ClH/c2*9-1-3-11-5-7-13-8-6-12-4-2-10;;/h2*9-10H,1-8H2;2*1H. The van der Waals surface area contributed by atoms with Crippen molar-refractivity contribution in [3.63, 3.8) is 0 Å². The van der Waals surface area contributed by atoms with Crippen molar-refractivity contribution in [3.8, 4) is 0 Å². The Morgan fingerprint density at radius 2 is 0.429 bits per heavy atom. The van der Waals surface area contributed by atoms with E-state index >= 15 is 0 Å². The Morgan fingerprint density at radius 3 is 0.571 bits per heavy atom. The lowest BCUT2D eigenvalue weighted by Crippen LogP contribution is -2.11. The zero-order valence-electron chi connectivity index (χ0n) is 16.4. The second kappa shape index (κ2) is 37.9. The molecule has 0 unspecified atom stereocenters. The van der Waals surface area contributed by atoms with E-state index in [0.717, 1.165) is 0 Å². The van der Waals surface area contributed by atoms with Gasteiger partial charge in [-0.25, -0.2) is 0 Å². The summed E-state index contributed by atoms with van der Waals surface area (Å²) in [6.07, 6.45) is 0. The summed E-state index contributed by atoms with van der Waals surface area (Å²) in [5, 5.41) is 33.4. The van der Waals surface area contributed by atoms with Crippen LogP contribution >= 0.6 is 24.8 Å². The molecule has 10 nitrogen and oxygen atoms in total. The molecule has 4 N–H and O–H groups in total. The van der Waals surface area contributed by atoms with Crippen molar-refractivity contribution in [1.82, 2.24) is 0 Å². The number of ether oxygens (including phenoxy) is 6. The fourth-order valence-electron chi connectivity index (χ4n) is 1.34. The highest BCUT2D eigenvalue weighted by Crippen LogP contribution is 1.81. The first-order chi connectivity index (χ1) is 12.8. The van der Waals surface area contributed by atoms with Gasteiger partial charge in [0.15, 0.2) is 0 Å². The summed E-state index contributed by atoms with van der Waals surface area (Å²) in [5.41, 5.74) is 0. The minimum absolute atomic E-state index is 0. The average Bonchev–Trinajstić information content (AvgIpc) is 2.66. The first-order valence-corrected chi connectivity index (χ1v) is 8.73. The van der Waals surface area contributed by atoms with E-state index in [2.05, 4.69) is 0 Å². The van der Waals surface area contributed by atoms with E-state index in [0.29, 0.717) is 79.3 Å². The zero-order valence-corrected chi connectivity index (χ0v) is 18.0. The van der Waals surface area contributed by atoms with Crippen LogP contribution in [0.1, 0.15) is 0 Å². The normalized spacial score (nSPS) is 9.86. The van der Waals surface area contributed by atoms with Crippen LogP contribution < -0.4 is 0 Å². The SMILES string of the molecule is Cl.Cl.OCCOCCOCCOCCO.OCCOCCOCCOCCO. The van der Waals surface area contributed by atoms with Crippen LogP contribution in [0.5, 0.6) is 0 Å². The Morgan fingerprint density at radius 1 is 0.286 bits per heavy atom. The van der Waals surface area contributed by atoms with Gasteiger partial charge in [0.05, 0.1) is 106 Å². The molecule has 0 saturated carbocycles. The van der Waals surface area contributed by atoms with Crippen LogP contribution in [-0.2, 0) is 28.4 Å². The van der Waals surface area contributed by atoms with Crippen molar-refractivity contribution < 1.29 is 48.8 Å². The van der Waals surface area contributed by atoms with Gasteiger partial charge in [0.25, 0.3) is 0 Å². The van der Waals surface area contributed by atoms with E-state index in [1.165, 1.54) is 0 Å². The molecule has 0 atom stereocenters. The molecule has 0 aromatic carbocycles. The molecule has 0 aromatic heterocycles. The fraction of sp³-hybridized carbons (Fsp3) is 1.00. The third kappa shape index (κ3) is 40.8. The van der Waals surface area contributed by atoms with Gasteiger partial charge in [0.1, 0.15) is 0 Å². The number of rotatable bonds is 20. The van der Waals surface area contributed by atoms with Crippen molar-refractivity contribution in [2.75, 3.05) is 106 Å². The van der Waals surface area contributed by atoms with Gasteiger partial charge in [0.2, 0.25) is 0 Å². The van der Waals surface area contributed by atoms with Crippen molar-refractivity contribution in [3.05, 3.63) is 0 Å². The highest BCUT2D eigenvalue weighted by Gasteiger charge is 1.91. The lowest BCUT2D eigenvalue weighted by atomic mass is 10.7. The van der Waals surface area contributed by atoms with E-state index in [1.54, 1.807) is 0 Å². The average molecular weight is 461 g/mol. The molecule has 0 radical (unpaired) electrons. The molecule has 0 heterocycles. The highest BCUT2D eigenvalue weighted by molar-refractivity contribution is 5.85. The largest absolute Gasteiger partial charge is 0.394 e. The van der Waals surface area contributed by atoms with Crippen LogP contribution in [0.25, 0.3) is 0 Å². The first kappa shape index (κ1) is 35.6. The Bertz CT molecular complexity index is 190. The summed E-state index contributed by atoms with van der Waals surface area (Å²) >= 11 is 0. The van der Waals surface area contributed by atoms with Crippen molar-refractivity contribution in [2.45, 2.75) is 0 Å². The minimum atomic E-state index is 0. The van der Waals surface area contributed by atoms with Gasteiger partial charge in [-0.05, 0) is 0 Å². The zero-order chi connectivity index (χ0) is 19.6. The molecule has 0 saturated heterocycles. The Hall–Kier alpha value is 0.180. The summed E-state index contributed by atoms with van der Waals surface area (Å²) in [6.45, 7) is 5.53. The summed E-state index contributed by atoms with van der Waals surface area (Å²) in [7, 11) is 0. The van der Waals surface area contributed by atoms with Crippen molar-refractivity contribution in [2.24, 2.45) is 0 Å². The minimum Gasteiger partial charge on any atom is -0.394 e. The molecule has 0 fully saturated rings. The van der Waals surface area contributed by atoms with Gasteiger partial charge in [-0.3, -0.25) is 0 Å². The molecular weight excluding hydrogens is 423 g/mol. The molecule has 0 aromatic rings. The first-order valence-electron chi connectivity index (χ1n) is 8.73. The van der Waals surface area contributed by atoms with Crippen LogP contribution in [0.2, 0.25) is 0 Å². The molecule has 0 aliphatic rings. The number of hydrogen-bond donors (Lipinski definition) is 4. The second-order valence-electron chi connectivity index (χ2n) is 4.57. The summed E-state index contributed by atoms with van der Waals surface area (Å²) < 4.78 is 30.0. The van der Waals surface area contributed by atoms with Gasteiger partial charge in [-0.15, -0.1) is 24.8 Å². The van der Waals surface area contributed by atoms with E-state index in [1.807, 2.05) is 0 Å². The molecule has 12 heteroatoms. The van der Waals surface area contributed by atoms with Crippen LogP contribution in [0.15, 0.2) is 0 Å². The van der Waals surface area contributed by atoms with Crippen LogP contribution in [0, 0.1) is 0 Å². The van der Waals surface area contributed by atoms with E-state index in [9.17, 15) is 0 Å². The maximum atomic E-state index is 8.36. The molecule has 28 heavy (non-hydrogen) atoms. The molecule has 0 spiro atoms. The van der Waals surface area contributed by atoms with Crippen molar-refractivity contribution >= 4 is 24.8 Å². The lowest BCUT2D eigenvalue weighted by Gasteiger charge is -2.04. The van der Waals surface area contributed by atoms with E-state index < -0.39 is 0 Å². The van der Waals surface area contributed by atoms with Gasteiger partial charge >= 0.3 is 0 Å². The molecule has 176 valence electrons. The Balaban J connectivity index is -0.000000192. The smallest absolute Gasteiger partial charge is 0.0701 e. The van der Waals surface area contributed by atoms with Gasteiger partial charge in [0, 0.05) is 0 Å².